The van der Waals surface area contributed by atoms with Gasteiger partial charge in [-0.05, 0) is 35.4 Å². The number of aromatic nitrogens is 3. The molecule has 0 aliphatic heterocycles. The molecule has 1 N–H and O–H groups in total. The fraction of sp³-hybridized carbons (Fsp3) is 0. The van der Waals surface area contributed by atoms with E-state index < -0.39 is 0 Å². The van der Waals surface area contributed by atoms with E-state index in [0.29, 0.717) is 5.28 Å². The van der Waals surface area contributed by atoms with E-state index in [-0.39, 0.29) is 0 Å². The first-order valence-corrected chi connectivity index (χ1v) is 5.27. The van der Waals surface area contributed by atoms with Crippen molar-refractivity contribution < 1.29 is 0 Å². The first-order chi connectivity index (χ1) is 7.84. The van der Waals surface area contributed by atoms with Gasteiger partial charge in [0, 0.05) is 18.0 Å². The van der Waals surface area contributed by atoms with Gasteiger partial charge in [0.15, 0.2) is 0 Å². The normalized spacial score (nSPS) is 10.8. The first-order valence-electron chi connectivity index (χ1n) is 4.89. The number of hydrogen-bond acceptors (Lipinski definition) is 2. The summed E-state index contributed by atoms with van der Waals surface area (Å²) in [5.41, 5.74) is 3.98. The lowest BCUT2D eigenvalue weighted by molar-refractivity contribution is 1.33. The molecule has 3 nitrogen and oxygen atoms in total. The number of H-pyrrole nitrogens is 1. The van der Waals surface area contributed by atoms with Crippen molar-refractivity contribution in [3.8, 4) is 11.1 Å². The molecule has 0 spiro atoms. The molecule has 0 radical (unpaired) electrons. The van der Waals surface area contributed by atoms with Crippen LogP contribution in [0.4, 0.5) is 0 Å². The second-order valence-corrected chi connectivity index (χ2v) is 3.82. The first kappa shape index (κ1) is 9.36. The zero-order chi connectivity index (χ0) is 11.0. The fourth-order valence-electron chi connectivity index (χ4n) is 1.77. The molecule has 0 fully saturated rings. The Morgan fingerprint density at radius 1 is 1.06 bits per heavy atom. The molecule has 0 amide bonds. The summed E-state index contributed by atoms with van der Waals surface area (Å²) in [7, 11) is 0. The molecular weight excluding hydrogens is 222 g/mol. The Morgan fingerprint density at radius 3 is 2.69 bits per heavy atom. The molecule has 0 atom stereocenters. The van der Waals surface area contributed by atoms with Crippen LogP contribution in [0.2, 0.25) is 5.28 Å². The molecule has 0 aliphatic rings. The SMILES string of the molecule is Clc1nc2c(-c3ccncc3)cccc2[nH]1. The molecule has 0 aliphatic carbocycles. The fourth-order valence-corrected chi connectivity index (χ4v) is 1.95. The molecule has 1 aromatic carbocycles. The summed E-state index contributed by atoms with van der Waals surface area (Å²) in [6, 6.07) is 9.87. The third kappa shape index (κ3) is 1.46. The number of imidazole rings is 1. The quantitative estimate of drug-likeness (QED) is 0.696. The molecule has 78 valence electrons. The van der Waals surface area contributed by atoms with Crippen LogP contribution in [0.3, 0.4) is 0 Å². The summed E-state index contributed by atoms with van der Waals surface area (Å²) in [5, 5.41) is 0.413. The van der Waals surface area contributed by atoms with Gasteiger partial charge in [-0.2, -0.15) is 0 Å². The number of nitrogens with one attached hydrogen (secondary N) is 1. The number of benzene rings is 1. The van der Waals surface area contributed by atoms with Gasteiger partial charge in [0.1, 0.15) is 0 Å². The molecule has 3 aromatic rings. The molecule has 4 heteroatoms. The average Bonchev–Trinajstić information content (AvgIpc) is 2.70. The Kier molecular flexibility index (Phi) is 2.11. The molecule has 2 heterocycles. The molecular formula is C12H8ClN3. The molecule has 0 bridgehead atoms. The number of rotatable bonds is 1. The van der Waals surface area contributed by atoms with E-state index in [1.807, 2.05) is 30.3 Å². The summed E-state index contributed by atoms with van der Waals surface area (Å²) < 4.78 is 0. The van der Waals surface area contributed by atoms with Gasteiger partial charge in [-0.1, -0.05) is 12.1 Å². The largest absolute Gasteiger partial charge is 0.329 e. The third-order valence-electron chi connectivity index (χ3n) is 2.48. The Labute approximate surface area is 97.1 Å². The van der Waals surface area contributed by atoms with Gasteiger partial charge in [-0.3, -0.25) is 4.98 Å². The average molecular weight is 230 g/mol. The van der Waals surface area contributed by atoms with Crippen molar-refractivity contribution in [3.63, 3.8) is 0 Å². The van der Waals surface area contributed by atoms with Gasteiger partial charge < -0.3 is 4.98 Å². The second-order valence-electron chi connectivity index (χ2n) is 3.47. The zero-order valence-electron chi connectivity index (χ0n) is 8.31. The highest BCUT2D eigenvalue weighted by Gasteiger charge is 2.07. The maximum absolute atomic E-state index is 5.86. The maximum atomic E-state index is 5.86. The number of aromatic amines is 1. The predicted molar refractivity (Wildman–Crippen MR) is 64.3 cm³/mol. The van der Waals surface area contributed by atoms with Gasteiger partial charge in [0.05, 0.1) is 11.0 Å². The molecule has 0 unspecified atom stereocenters. The van der Waals surface area contributed by atoms with Crippen LogP contribution in [0.5, 0.6) is 0 Å². The lowest BCUT2D eigenvalue weighted by atomic mass is 10.1. The Bertz CT molecular complexity index is 631. The van der Waals surface area contributed by atoms with Crippen LogP contribution in [0, 0.1) is 0 Å². The minimum atomic E-state index is 0.413. The van der Waals surface area contributed by atoms with Crippen molar-refractivity contribution in [1.29, 1.82) is 0 Å². The number of pyridine rings is 1. The maximum Gasteiger partial charge on any atom is 0.201 e. The van der Waals surface area contributed by atoms with Gasteiger partial charge in [-0.25, -0.2) is 4.98 Å². The van der Waals surface area contributed by atoms with Crippen LogP contribution in [0.1, 0.15) is 0 Å². The van der Waals surface area contributed by atoms with Crippen molar-refractivity contribution in [2.45, 2.75) is 0 Å². The molecule has 0 saturated carbocycles. The van der Waals surface area contributed by atoms with Crippen LogP contribution in [-0.4, -0.2) is 15.0 Å². The van der Waals surface area contributed by atoms with Crippen LogP contribution >= 0.6 is 11.6 Å². The third-order valence-corrected chi connectivity index (χ3v) is 2.65. The minimum Gasteiger partial charge on any atom is -0.329 e. The highest BCUT2D eigenvalue weighted by Crippen LogP contribution is 2.27. The Balaban J connectivity index is 2.31. The van der Waals surface area contributed by atoms with E-state index in [4.69, 9.17) is 11.6 Å². The van der Waals surface area contributed by atoms with E-state index >= 15 is 0 Å². The zero-order valence-corrected chi connectivity index (χ0v) is 9.07. The summed E-state index contributed by atoms with van der Waals surface area (Å²) in [5.74, 6) is 0. The Hall–Kier alpha value is -1.87. The van der Waals surface area contributed by atoms with Gasteiger partial charge in [-0.15, -0.1) is 0 Å². The van der Waals surface area contributed by atoms with Crippen molar-refractivity contribution in [3.05, 3.63) is 48.0 Å². The predicted octanol–water partition coefficient (Wildman–Crippen LogP) is 3.28. The van der Waals surface area contributed by atoms with E-state index in [0.717, 1.165) is 22.2 Å². The lowest BCUT2D eigenvalue weighted by Gasteiger charge is -2.01. The van der Waals surface area contributed by atoms with E-state index in [9.17, 15) is 0 Å². The van der Waals surface area contributed by atoms with Crippen LogP contribution in [-0.2, 0) is 0 Å². The summed E-state index contributed by atoms with van der Waals surface area (Å²) >= 11 is 5.86. The molecule has 2 aromatic heterocycles. The number of fused-ring (bicyclic) bond motifs is 1. The van der Waals surface area contributed by atoms with Gasteiger partial charge in [0.25, 0.3) is 0 Å². The lowest BCUT2D eigenvalue weighted by Crippen LogP contribution is -1.80. The standard InChI is InChI=1S/C12H8ClN3/c13-12-15-10-3-1-2-9(11(10)16-12)8-4-6-14-7-5-8/h1-7H,(H,15,16). The van der Waals surface area contributed by atoms with Gasteiger partial charge >= 0.3 is 0 Å². The summed E-state index contributed by atoms with van der Waals surface area (Å²) in [6.07, 6.45) is 3.53. The Morgan fingerprint density at radius 2 is 1.88 bits per heavy atom. The highest BCUT2D eigenvalue weighted by molar-refractivity contribution is 6.29. The number of nitrogens with zero attached hydrogens (tertiary/aromatic N) is 2. The number of halogens is 1. The van der Waals surface area contributed by atoms with Crippen molar-refractivity contribution >= 4 is 22.6 Å². The van der Waals surface area contributed by atoms with Crippen LogP contribution in [0.25, 0.3) is 22.2 Å². The van der Waals surface area contributed by atoms with Crippen LogP contribution < -0.4 is 0 Å². The van der Waals surface area contributed by atoms with Crippen molar-refractivity contribution in [2.24, 2.45) is 0 Å². The van der Waals surface area contributed by atoms with Crippen molar-refractivity contribution in [2.75, 3.05) is 0 Å². The summed E-state index contributed by atoms with van der Waals surface area (Å²) in [6.45, 7) is 0. The van der Waals surface area contributed by atoms with E-state index in [2.05, 4.69) is 15.0 Å². The smallest absolute Gasteiger partial charge is 0.201 e. The van der Waals surface area contributed by atoms with Gasteiger partial charge in [0.2, 0.25) is 5.28 Å². The monoisotopic (exact) mass is 229 g/mol. The molecule has 16 heavy (non-hydrogen) atoms. The topological polar surface area (TPSA) is 41.6 Å². The summed E-state index contributed by atoms with van der Waals surface area (Å²) in [4.78, 5) is 11.3. The van der Waals surface area contributed by atoms with Crippen molar-refractivity contribution in [1.82, 2.24) is 15.0 Å². The minimum absolute atomic E-state index is 0.413. The number of para-hydroxylation sites is 1. The van der Waals surface area contributed by atoms with E-state index in [1.165, 1.54) is 0 Å². The number of hydrogen-bond donors (Lipinski definition) is 1. The molecule has 0 saturated heterocycles. The van der Waals surface area contributed by atoms with Crippen LogP contribution in [0.15, 0.2) is 42.7 Å². The second kappa shape index (κ2) is 3.61. The highest BCUT2D eigenvalue weighted by atomic mass is 35.5. The molecule has 3 rings (SSSR count). The van der Waals surface area contributed by atoms with E-state index in [1.54, 1.807) is 12.4 Å².